The Labute approximate surface area is 158 Å². The van der Waals surface area contributed by atoms with Crippen molar-refractivity contribution in [2.75, 3.05) is 5.32 Å². The van der Waals surface area contributed by atoms with E-state index in [1.165, 1.54) is 12.1 Å². The van der Waals surface area contributed by atoms with E-state index < -0.39 is 5.82 Å². The molecule has 0 aliphatic carbocycles. The maximum atomic E-state index is 13.4. The first-order valence-electron chi connectivity index (χ1n) is 7.69. The third-order valence-corrected chi connectivity index (χ3v) is 4.33. The summed E-state index contributed by atoms with van der Waals surface area (Å²) in [6.07, 6.45) is 4.84. The van der Waals surface area contributed by atoms with E-state index in [2.05, 4.69) is 20.3 Å². The molecule has 1 N–H and O–H groups in total. The molecular weight excluding hydrogens is 374 g/mol. The normalized spacial score (nSPS) is 10.9. The number of anilines is 2. The van der Waals surface area contributed by atoms with Crippen molar-refractivity contribution in [3.63, 3.8) is 0 Å². The molecule has 0 bridgehead atoms. The van der Waals surface area contributed by atoms with Crippen LogP contribution >= 0.6 is 23.2 Å². The van der Waals surface area contributed by atoms with Gasteiger partial charge in [-0.2, -0.15) is 0 Å². The van der Waals surface area contributed by atoms with Crippen LogP contribution in [0.25, 0.3) is 22.2 Å². The molecule has 0 fully saturated rings. The average molecular weight is 385 g/mol. The highest BCUT2D eigenvalue weighted by atomic mass is 35.5. The fourth-order valence-electron chi connectivity index (χ4n) is 2.60. The molecule has 4 aromatic rings. The summed E-state index contributed by atoms with van der Waals surface area (Å²) in [7, 11) is 0. The summed E-state index contributed by atoms with van der Waals surface area (Å²) in [5.41, 5.74) is 1.90. The van der Waals surface area contributed by atoms with E-state index in [0.717, 1.165) is 10.8 Å². The number of benzene rings is 2. The van der Waals surface area contributed by atoms with E-state index in [-0.39, 0.29) is 5.02 Å². The van der Waals surface area contributed by atoms with Gasteiger partial charge in [-0.25, -0.2) is 9.37 Å². The highest BCUT2D eigenvalue weighted by Gasteiger charge is 2.11. The summed E-state index contributed by atoms with van der Waals surface area (Å²) in [5.74, 6) is 0.109. The average Bonchev–Trinajstić information content (AvgIpc) is 2.65. The Balaban J connectivity index is 1.87. The van der Waals surface area contributed by atoms with Crippen molar-refractivity contribution in [3.05, 3.63) is 76.9 Å². The van der Waals surface area contributed by atoms with Gasteiger partial charge in [0.1, 0.15) is 17.3 Å². The lowest BCUT2D eigenvalue weighted by atomic mass is 10.1. The van der Waals surface area contributed by atoms with Gasteiger partial charge in [0.2, 0.25) is 0 Å². The van der Waals surface area contributed by atoms with Gasteiger partial charge in [-0.3, -0.25) is 9.97 Å². The van der Waals surface area contributed by atoms with Gasteiger partial charge in [-0.1, -0.05) is 23.2 Å². The molecule has 0 unspecified atom stereocenters. The third-order valence-electron chi connectivity index (χ3n) is 3.80. The maximum absolute atomic E-state index is 13.4. The molecule has 7 heteroatoms. The summed E-state index contributed by atoms with van der Waals surface area (Å²) in [4.78, 5) is 13.0. The molecule has 2 aromatic heterocycles. The van der Waals surface area contributed by atoms with Crippen LogP contribution in [0.2, 0.25) is 10.0 Å². The van der Waals surface area contributed by atoms with Crippen LogP contribution in [0, 0.1) is 5.82 Å². The van der Waals surface area contributed by atoms with Gasteiger partial charge in [0.05, 0.1) is 16.9 Å². The zero-order chi connectivity index (χ0) is 18.1. The number of nitrogens with zero attached hydrogens (tertiary/aromatic N) is 3. The molecule has 4 nitrogen and oxygen atoms in total. The largest absolute Gasteiger partial charge is 0.340 e. The number of rotatable bonds is 3. The van der Waals surface area contributed by atoms with E-state index in [4.69, 9.17) is 23.2 Å². The Kier molecular flexibility index (Phi) is 4.41. The lowest BCUT2D eigenvalue weighted by Crippen LogP contribution is -1.98. The van der Waals surface area contributed by atoms with Crippen molar-refractivity contribution < 1.29 is 4.39 Å². The minimum Gasteiger partial charge on any atom is -0.340 e. The van der Waals surface area contributed by atoms with Crippen LogP contribution in [0.1, 0.15) is 0 Å². The zero-order valence-corrected chi connectivity index (χ0v) is 14.8. The molecule has 0 spiro atoms. The first-order chi connectivity index (χ1) is 12.6. The smallest absolute Gasteiger partial charge is 0.141 e. The first kappa shape index (κ1) is 16.7. The predicted molar refractivity (Wildman–Crippen MR) is 102 cm³/mol. The Bertz CT molecular complexity index is 1100. The zero-order valence-electron chi connectivity index (χ0n) is 13.2. The fraction of sp³-hybridized carbons (Fsp3) is 0. The molecule has 4 rings (SSSR count). The van der Waals surface area contributed by atoms with E-state index in [1.54, 1.807) is 30.7 Å². The van der Waals surface area contributed by atoms with Crippen LogP contribution in [0.15, 0.2) is 61.1 Å². The van der Waals surface area contributed by atoms with Gasteiger partial charge in [-0.15, -0.1) is 0 Å². The number of pyridine rings is 1. The number of hydrogen-bond donors (Lipinski definition) is 1. The summed E-state index contributed by atoms with van der Waals surface area (Å²) in [6, 6.07) is 11.8. The molecule has 0 aliphatic heterocycles. The van der Waals surface area contributed by atoms with E-state index in [1.807, 2.05) is 18.2 Å². The number of nitrogens with one attached hydrogen (secondary N) is 1. The first-order valence-corrected chi connectivity index (χ1v) is 8.44. The molecule has 0 atom stereocenters. The van der Waals surface area contributed by atoms with Crippen LogP contribution in [-0.2, 0) is 0 Å². The SMILES string of the molecule is Fc1ccc(Nc2nc(-c3cnccn3)cc3cc(Cl)ccc23)cc1Cl. The van der Waals surface area contributed by atoms with Crippen molar-refractivity contribution in [2.45, 2.75) is 0 Å². The van der Waals surface area contributed by atoms with Crippen molar-refractivity contribution in [2.24, 2.45) is 0 Å². The summed E-state index contributed by atoms with van der Waals surface area (Å²) >= 11 is 12.0. The molecule has 0 radical (unpaired) electrons. The Morgan fingerprint density at radius 3 is 2.58 bits per heavy atom. The summed E-state index contributed by atoms with van der Waals surface area (Å²) in [6.45, 7) is 0. The standard InChI is InChI=1S/C19H11Cl2FN4/c20-12-1-3-14-11(7-12)8-17(18-10-23-5-6-24-18)26-19(14)25-13-2-4-16(22)15(21)9-13/h1-10H,(H,25,26). The Morgan fingerprint density at radius 2 is 1.81 bits per heavy atom. The number of aromatic nitrogens is 3. The molecule has 0 amide bonds. The lowest BCUT2D eigenvalue weighted by molar-refractivity contribution is 0.628. The van der Waals surface area contributed by atoms with E-state index >= 15 is 0 Å². The van der Waals surface area contributed by atoms with Crippen molar-refractivity contribution in [1.29, 1.82) is 0 Å². The van der Waals surface area contributed by atoms with Crippen molar-refractivity contribution >= 4 is 45.5 Å². The number of halogens is 3. The van der Waals surface area contributed by atoms with Gasteiger partial charge in [0, 0.05) is 28.5 Å². The summed E-state index contributed by atoms with van der Waals surface area (Å²) in [5, 5.41) is 5.60. The van der Waals surface area contributed by atoms with Crippen LogP contribution in [0.4, 0.5) is 15.9 Å². The van der Waals surface area contributed by atoms with E-state index in [9.17, 15) is 4.39 Å². The minimum absolute atomic E-state index is 0.0347. The number of hydrogen-bond acceptors (Lipinski definition) is 4. The second-order valence-corrected chi connectivity index (χ2v) is 6.41. The molecular formula is C19H11Cl2FN4. The van der Waals surface area contributed by atoms with Gasteiger partial charge in [-0.05, 0) is 47.9 Å². The monoisotopic (exact) mass is 384 g/mol. The Morgan fingerprint density at radius 1 is 0.923 bits per heavy atom. The second kappa shape index (κ2) is 6.86. The quantitative estimate of drug-likeness (QED) is 0.478. The van der Waals surface area contributed by atoms with Gasteiger partial charge in [0.25, 0.3) is 0 Å². The molecule has 128 valence electrons. The molecule has 2 aromatic carbocycles. The highest BCUT2D eigenvalue weighted by Crippen LogP contribution is 2.31. The van der Waals surface area contributed by atoms with Gasteiger partial charge >= 0.3 is 0 Å². The topological polar surface area (TPSA) is 50.7 Å². The van der Waals surface area contributed by atoms with Crippen LogP contribution in [0.3, 0.4) is 0 Å². The number of fused-ring (bicyclic) bond motifs is 1. The van der Waals surface area contributed by atoms with Crippen LogP contribution < -0.4 is 5.32 Å². The van der Waals surface area contributed by atoms with E-state index in [0.29, 0.717) is 27.9 Å². The third kappa shape index (κ3) is 3.31. The minimum atomic E-state index is -0.477. The van der Waals surface area contributed by atoms with Crippen molar-refractivity contribution in [1.82, 2.24) is 15.0 Å². The lowest BCUT2D eigenvalue weighted by Gasteiger charge is -2.12. The molecule has 26 heavy (non-hydrogen) atoms. The molecule has 0 aliphatic rings. The van der Waals surface area contributed by atoms with Crippen LogP contribution in [-0.4, -0.2) is 15.0 Å². The highest BCUT2D eigenvalue weighted by molar-refractivity contribution is 6.31. The second-order valence-electron chi connectivity index (χ2n) is 5.57. The molecule has 0 saturated heterocycles. The molecule has 2 heterocycles. The summed E-state index contributed by atoms with van der Waals surface area (Å²) < 4.78 is 13.4. The molecule has 0 saturated carbocycles. The predicted octanol–water partition coefficient (Wildman–Crippen LogP) is 5.88. The maximum Gasteiger partial charge on any atom is 0.141 e. The van der Waals surface area contributed by atoms with Gasteiger partial charge < -0.3 is 5.32 Å². The Hall–Kier alpha value is -2.76. The fourth-order valence-corrected chi connectivity index (χ4v) is 2.96. The van der Waals surface area contributed by atoms with Gasteiger partial charge in [0.15, 0.2) is 0 Å². The van der Waals surface area contributed by atoms with Crippen LogP contribution in [0.5, 0.6) is 0 Å². The van der Waals surface area contributed by atoms with Crippen molar-refractivity contribution in [3.8, 4) is 11.4 Å².